The van der Waals surface area contributed by atoms with Crippen LogP contribution in [-0.4, -0.2) is 40.4 Å². The predicted octanol–water partition coefficient (Wildman–Crippen LogP) is 0.994. The van der Waals surface area contributed by atoms with Crippen LogP contribution in [0.4, 0.5) is 0 Å². The molecule has 1 N–H and O–H groups in total. The van der Waals surface area contributed by atoms with Crippen LogP contribution in [-0.2, 0) is 13.6 Å². The third-order valence-corrected chi connectivity index (χ3v) is 3.31. The molecule has 1 aliphatic rings. The highest BCUT2D eigenvalue weighted by Gasteiger charge is 2.19. The molecule has 1 saturated heterocycles. The van der Waals surface area contributed by atoms with Gasteiger partial charge in [-0.3, -0.25) is 9.58 Å². The maximum atomic E-state index is 4.21. The van der Waals surface area contributed by atoms with Gasteiger partial charge in [0.25, 0.3) is 0 Å². The number of likely N-dealkylation sites (N-methyl/N-ethyl adjacent to an activating group) is 1. The maximum Gasteiger partial charge on any atom is 0.0521 e. The molecule has 2 heterocycles. The standard InChI is InChI=1S/C12H22N4/c1-3-13-11-5-4-8-16(9-11)10-12-6-7-14-15(12)2/h6-7,11,13H,3-5,8-10H2,1-2H3. The molecule has 1 atom stereocenters. The van der Waals surface area contributed by atoms with Gasteiger partial charge >= 0.3 is 0 Å². The van der Waals surface area contributed by atoms with Crippen LogP contribution in [0.2, 0.25) is 0 Å². The molecule has 4 nitrogen and oxygen atoms in total. The second-order valence-corrected chi connectivity index (χ2v) is 4.58. The van der Waals surface area contributed by atoms with E-state index in [0.29, 0.717) is 6.04 Å². The van der Waals surface area contributed by atoms with E-state index in [-0.39, 0.29) is 0 Å². The highest BCUT2D eigenvalue weighted by Crippen LogP contribution is 2.13. The molecular weight excluding hydrogens is 200 g/mol. The Balaban J connectivity index is 1.88. The van der Waals surface area contributed by atoms with Crippen molar-refractivity contribution in [3.63, 3.8) is 0 Å². The van der Waals surface area contributed by atoms with Crippen molar-refractivity contribution in [1.29, 1.82) is 0 Å². The van der Waals surface area contributed by atoms with Crippen molar-refractivity contribution in [3.05, 3.63) is 18.0 Å². The number of aromatic nitrogens is 2. The summed E-state index contributed by atoms with van der Waals surface area (Å²) in [4.78, 5) is 2.52. The van der Waals surface area contributed by atoms with Gasteiger partial charge in [-0.05, 0) is 32.0 Å². The lowest BCUT2D eigenvalue weighted by molar-refractivity contribution is 0.181. The Morgan fingerprint density at radius 1 is 1.56 bits per heavy atom. The van der Waals surface area contributed by atoms with Gasteiger partial charge in [-0.25, -0.2) is 0 Å². The Bertz CT molecular complexity index is 319. The van der Waals surface area contributed by atoms with E-state index in [1.807, 2.05) is 17.9 Å². The molecule has 1 aromatic rings. The minimum absolute atomic E-state index is 0.673. The van der Waals surface area contributed by atoms with E-state index in [0.717, 1.165) is 13.1 Å². The van der Waals surface area contributed by atoms with Crippen molar-refractivity contribution in [2.75, 3.05) is 19.6 Å². The summed E-state index contributed by atoms with van der Waals surface area (Å²) < 4.78 is 1.97. The summed E-state index contributed by atoms with van der Waals surface area (Å²) in [5.41, 5.74) is 1.30. The number of nitrogens with zero attached hydrogens (tertiary/aromatic N) is 3. The van der Waals surface area contributed by atoms with E-state index in [1.54, 1.807) is 0 Å². The molecule has 1 unspecified atom stereocenters. The van der Waals surface area contributed by atoms with Crippen LogP contribution in [0.1, 0.15) is 25.5 Å². The highest BCUT2D eigenvalue weighted by molar-refractivity contribution is 5.00. The van der Waals surface area contributed by atoms with Gasteiger partial charge in [-0.15, -0.1) is 0 Å². The molecule has 1 fully saturated rings. The first kappa shape index (κ1) is 11.6. The Hall–Kier alpha value is -0.870. The summed E-state index contributed by atoms with van der Waals surface area (Å²) in [5, 5.41) is 7.76. The largest absolute Gasteiger partial charge is 0.313 e. The van der Waals surface area contributed by atoms with Gasteiger partial charge in [0.1, 0.15) is 0 Å². The van der Waals surface area contributed by atoms with E-state index in [1.165, 1.54) is 31.6 Å². The molecule has 16 heavy (non-hydrogen) atoms. The fourth-order valence-electron chi connectivity index (χ4n) is 2.44. The van der Waals surface area contributed by atoms with Crippen molar-refractivity contribution in [1.82, 2.24) is 20.0 Å². The highest BCUT2D eigenvalue weighted by atomic mass is 15.3. The quantitative estimate of drug-likeness (QED) is 0.825. The van der Waals surface area contributed by atoms with E-state index < -0.39 is 0 Å². The van der Waals surface area contributed by atoms with E-state index >= 15 is 0 Å². The summed E-state index contributed by atoms with van der Waals surface area (Å²) >= 11 is 0. The smallest absolute Gasteiger partial charge is 0.0521 e. The lowest BCUT2D eigenvalue weighted by Crippen LogP contribution is -2.45. The number of piperidine rings is 1. The molecule has 0 bridgehead atoms. The van der Waals surface area contributed by atoms with Gasteiger partial charge < -0.3 is 5.32 Å². The Morgan fingerprint density at radius 3 is 3.12 bits per heavy atom. The third kappa shape index (κ3) is 2.83. The minimum Gasteiger partial charge on any atom is -0.313 e. The van der Waals surface area contributed by atoms with Crippen molar-refractivity contribution >= 4 is 0 Å². The van der Waals surface area contributed by atoms with E-state index in [2.05, 4.69) is 28.3 Å². The first-order chi connectivity index (χ1) is 7.79. The first-order valence-corrected chi connectivity index (χ1v) is 6.22. The Kier molecular flexibility index (Phi) is 3.96. The molecule has 0 aliphatic carbocycles. The van der Waals surface area contributed by atoms with Crippen LogP contribution in [0.25, 0.3) is 0 Å². The summed E-state index contributed by atoms with van der Waals surface area (Å²) in [5.74, 6) is 0. The summed E-state index contributed by atoms with van der Waals surface area (Å²) in [7, 11) is 2.01. The van der Waals surface area contributed by atoms with Gasteiger partial charge in [0.05, 0.1) is 5.69 Å². The maximum absolute atomic E-state index is 4.21. The predicted molar refractivity (Wildman–Crippen MR) is 65.2 cm³/mol. The number of likely N-dealkylation sites (tertiary alicyclic amines) is 1. The lowest BCUT2D eigenvalue weighted by Gasteiger charge is -2.32. The minimum atomic E-state index is 0.673. The topological polar surface area (TPSA) is 33.1 Å². The van der Waals surface area contributed by atoms with Gasteiger partial charge in [0, 0.05) is 32.4 Å². The SMILES string of the molecule is CCNC1CCCN(Cc2ccnn2C)C1. The van der Waals surface area contributed by atoms with Crippen LogP contribution in [0.3, 0.4) is 0 Å². The fourth-order valence-corrected chi connectivity index (χ4v) is 2.44. The number of hydrogen-bond donors (Lipinski definition) is 1. The van der Waals surface area contributed by atoms with Crippen LogP contribution in [0.5, 0.6) is 0 Å². The zero-order valence-corrected chi connectivity index (χ0v) is 10.3. The van der Waals surface area contributed by atoms with Crippen LogP contribution < -0.4 is 5.32 Å². The molecule has 0 spiro atoms. The fraction of sp³-hybridized carbons (Fsp3) is 0.750. The molecular formula is C12H22N4. The van der Waals surface area contributed by atoms with Crippen LogP contribution >= 0.6 is 0 Å². The molecule has 1 aromatic heterocycles. The van der Waals surface area contributed by atoms with Crippen LogP contribution in [0.15, 0.2) is 12.3 Å². The van der Waals surface area contributed by atoms with Crippen LogP contribution in [0, 0.1) is 0 Å². The molecule has 90 valence electrons. The lowest BCUT2D eigenvalue weighted by atomic mass is 10.1. The molecule has 0 amide bonds. The monoisotopic (exact) mass is 222 g/mol. The number of aryl methyl sites for hydroxylation is 1. The molecule has 1 aliphatic heterocycles. The zero-order chi connectivity index (χ0) is 11.4. The summed E-state index contributed by atoms with van der Waals surface area (Å²) in [6.07, 6.45) is 4.49. The molecule has 0 radical (unpaired) electrons. The molecule has 0 aromatic carbocycles. The molecule has 2 rings (SSSR count). The normalized spacial score (nSPS) is 22.5. The Labute approximate surface area is 97.6 Å². The second-order valence-electron chi connectivity index (χ2n) is 4.58. The van der Waals surface area contributed by atoms with Crippen molar-refractivity contribution in [3.8, 4) is 0 Å². The molecule has 4 heteroatoms. The number of hydrogen-bond acceptors (Lipinski definition) is 3. The van der Waals surface area contributed by atoms with Crippen molar-refractivity contribution in [2.45, 2.75) is 32.4 Å². The van der Waals surface area contributed by atoms with Gasteiger partial charge in [0.2, 0.25) is 0 Å². The van der Waals surface area contributed by atoms with E-state index in [9.17, 15) is 0 Å². The Morgan fingerprint density at radius 2 is 2.44 bits per heavy atom. The van der Waals surface area contributed by atoms with Gasteiger partial charge in [-0.2, -0.15) is 5.10 Å². The van der Waals surface area contributed by atoms with Gasteiger partial charge in [-0.1, -0.05) is 6.92 Å². The zero-order valence-electron chi connectivity index (χ0n) is 10.3. The average molecular weight is 222 g/mol. The molecule has 0 saturated carbocycles. The van der Waals surface area contributed by atoms with Crippen molar-refractivity contribution < 1.29 is 0 Å². The third-order valence-electron chi connectivity index (χ3n) is 3.31. The van der Waals surface area contributed by atoms with Crippen molar-refractivity contribution in [2.24, 2.45) is 7.05 Å². The summed E-state index contributed by atoms with van der Waals surface area (Å²) in [6, 6.07) is 2.78. The number of nitrogens with one attached hydrogen (secondary N) is 1. The number of rotatable bonds is 4. The van der Waals surface area contributed by atoms with Gasteiger partial charge in [0.15, 0.2) is 0 Å². The average Bonchev–Trinajstić information content (AvgIpc) is 2.66. The second kappa shape index (κ2) is 5.46. The summed E-state index contributed by atoms with van der Waals surface area (Å²) in [6.45, 7) is 6.66. The first-order valence-electron chi connectivity index (χ1n) is 6.22. The van der Waals surface area contributed by atoms with E-state index in [4.69, 9.17) is 0 Å².